The van der Waals surface area contributed by atoms with Crippen molar-refractivity contribution in [1.82, 2.24) is 10.2 Å². The van der Waals surface area contributed by atoms with Gasteiger partial charge in [-0.3, -0.25) is 13.9 Å². The predicted octanol–water partition coefficient (Wildman–Crippen LogP) is 5.70. The minimum Gasteiger partial charge on any atom is -0.352 e. The summed E-state index contributed by atoms with van der Waals surface area (Å²) >= 11 is 12.2. The highest BCUT2D eigenvalue weighted by Gasteiger charge is 2.31. The minimum absolute atomic E-state index is 0.0421. The SMILES string of the molecule is CC(C)NC(=O)C(Cc1ccccc1)N(Cc1ccc(Cl)cc1)C(=O)CCCN(c1cccc(Cl)c1)S(C)(=O)=O. The van der Waals surface area contributed by atoms with Gasteiger partial charge in [-0.15, -0.1) is 0 Å². The maximum absolute atomic E-state index is 13.8. The van der Waals surface area contributed by atoms with Gasteiger partial charge in [0.05, 0.1) is 11.9 Å². The van der Waals surface area contributed by atoms with Crippen LogP contribution >= 0.6 is 23.2 Å². The van der Waals surface area contributed by atoms with Crippen molar-refractivity contribution in [2.75, 3.05) is 17.1 Å². The maximum atomic E-state index is 13.8. The number of hydrogen-bond acceptors (Lipinski definition) is 4. The van der Waals surface area contributed by atoms with E-state index in [1.54, 1.807) is 41.3 Å². The van der Waals surface area contributed by atoms with Crippen LogP contribution in [-0.4, -0.2) is 50.0 Å². The van der Waals surface area contributed by atoms with Gasteiger partial charge < -0.3 is 10.2 Å². The molecule has 0 aliphatic heterocycles. The lowest BCUT2D eigenvalue weighted by Gasteiger charge is -2.32. The van der Waals surface area contributed by atoms with Crippen molar-refractivity contribution in [3.63, 3.8) is 0 Å². The second kappa shape index (κ2) is 14.5. The van der Waals surface area contributed by atoms with E-state index in [2.05, 4.69) is 5.32 Å². The molecule has 10 heteroatoms. The molecule has 3 aromatic carbocycles. The number of carbonyl (C=O) groups is 2. The van der Waals surface area contributed by atoms with Crippen LogP contribution in [-0.2, 0) is 32.6 Å². The number of sulfonamides is 1. The summed E-state index contributed by atoms with van der Waals surface area (Å²) in [5, 5.41) is 3.94. The molecule has 0 aliphatic carbocycles. The highest BCUT2D eigenvalue weighted by molar-refractivity contribution is 7.92. The zero-order valence-corrected chi connectivity index (χ0v) is 25.2. The molecule has 3 rings (SSSR count). The van der Waals surface area contributed by atoms with E-state index in [-0.39, 0.29) is 43.8 Å². The molecule has 0 spiro atoms. The Morgan fingerprint density at radius 3 is 2.15 bits per heavy atom. The number of nitrogens with zero attached hydrogens (tertiary/aromatic N) is 2. The summed E-state index contributed by atoms with van der Waals surface area (Å²) in [5.41, 5.74) is 2.17. The summed E-state index contributed by atoms with van der Waals surface area (Å²) in [5.74, 6) is -0.507. The van der Waals surface area contributed by atoms with Crippen molar-refractivity contribution in [1.29, 1.82) is 0 Å². The zero-order valence-electron chi connectivity index (χ0n) is 22.9. The molecule has 0 fully saturated rings. The van der Waals surface area contributed by atoms with Crippen LogP contribution in [0.1, 0.15) is 37.8 Å². The number of nitrogens with one attached hydrogen (secondary N) is 1. The molecule has 3 aromatic rings. The van der Waals surface area contributed by atoms with Gasteiger partial charge in [-0.25, -0.2) is 8.42 Å². The van der Waals surface area contributed by atoms with Crippen LogP contribution in [0.3, 0.4) is 0 Å². The normalized spacial score (nSPS) is 12.2. The van der Waals surface area contributed by atoms with E-state index in [9.17, 15) is 18.0 Å². The molecule has 0 heterocycles. The summed E-state index contributed by atoms with van der Waals surface area (Å²) in [7, 11) is -3.62. The fraction of sp³-hybridized carbons (Fsp3) is 0.333. The molecule has 1 unspecified atom stereocenters. The van der Waals surface area contributed by atoms with Crippen LogP contribution < -0.4 is 9.62 Å². The Morgan fingerprint density at radius 1 is 0.875 bits per heavy atom. The van der Waals surface area contributed by atoms with Crippen LogP contribution in [0.25, 0.3) is 0 Å². The summed E-state index contributed by atoms with van der Waals surface area (Å²) in [6.45, 7) is 4.03. The molecule has 0 aliphatic rings. The molecule has 0 aromatic heterocycles. The summed E-state index contributed by atoms with van der Waals surface area (Å²) in [6, 6.07) is 22.4. The molecule has 0 saturated carbocycles. The van der Waals surface area contributed by atoms with Crippen molar-refractivity contribution in [2.45, 2.75) is 51.7 Å². The molecular weight excluding hydrogens is 569 g/mol. The van der Waals surface area contributed by atoms with E-state index in [1.165, 1.54) is 4.31 Å². The second-order valence-electron chi connectivity index (χ2n) is 9.94. The van der Waals surface area contributed by atoms with Gasteiger partial charge in [-0.05, 0) is 61.7 Å². The number of amides is 2. The topological polar surface area (TPSA) is 86.8 Å². The lowest BCUT2D eigenvalue weighted by Crippen LogP contribution is -2.51. The summed E-state index contributed by atoms with van der Waals surface area (Å²) in [6.07, 6.45) is 1.74. The Bertz CT molecular complexity index is 1380. The van der Waals surface area contributed by atoms with E-state index >= 15 is 0 Å². The Hall–Kier alpha value is -3.07. The van der Waals surface area contributed by atoms with Gasteiger partial charge >= 0.3 is 0 Å². The number of rotatable bonds is 13. The molecule has 2 amide bonds. The Morgan fingerprint density at radius 2 is 1.55 bits per heavy atom. The van der Waals surface area contributed by atoms with Gasteiger partial charge in [-0.2, -0.15) is 0 Å². The van der Waals surface area contributed by atoms with E-state index in [1.807, 2.05) is 56.3 Å². The van der Waals surface area contributed by atoms with E-state index in [0.717, 1.165) is 17.4 Å². The van der Waals surface area contributed by atoms with Crippen molar-refractivity contribution < 1.29 is 18.0 Å². The first-order valence-electron chi connectivity index (χ1n) is 13.1. The van der Waals surface area contributed by atoms with Gasteiger partial charge in [0.2, 0.25) is 21.8 Å². The fourth-order valence-corrected chi connectivity index (χ4v) is 5.62. The Balaban J connectivity index is 1.87. The molecule has 7 nitrogen and oxygen atoms in total. The number of halogens is 2. The van der Waals surface area contributed by atoms with Crippen LogP contribution in [0.5, 0.6) is 0 Å². The minimum atomic E-state index is -3.62. The third-order valence-corrected chi connectivity index (χ3v) is 7.90. The number of hydrogen-bond donors (Lipinski definition) is 1. The number of anilines is 1. The van der Waals surface area contributed by atoms with Gasteiger partial charge in [0, 0.05) is 42.0 Å². The molecule has 0 saturated heterocycles. The van der Waals surface area contributed by atoms with E-state index in [4.69, 9.17) is 23.2 Å². The lowest BCUT2D eigenvalue weighted by atomic mass is 10.0. The van der Waals surface area contributed by atoms with Crippen LogP contribution in [0, 0.1) is 0 Å². The van der Waals surface area contributed by atoms with E-state index < -0.39 is 16.1 Å². The van der Waals surface area contributed by atoms with Crippen LogP contribution in [0.4, 0.5) is 5.69 Å². The number of carbonyl (C=O) groups excluding carboxylic acids is 2. The van der Waals surface area contributed by atoms with Gasteiger partial charge in [0.15, 0.2) is 0 Å². The molecule has 40 heavy (non-hydrogen) atoms. The van der Waals surface area contributed by atoms with Crippen molar-refractivity contribution >= 4 is 50.7 Å². The van der Waals surface area contributed by atoms with Gasteiger partial charge in [-0.1, -0.05) is 71.7 Å². The third-order valence-electron chi connectivity index (χ3n) is 6.22. The quantitative estimate of drug-likeness (QED) is 0.271. The molecule has 0 bridgehead atoms. The van der Waals surface area contributed by atoms with Crippen LogP contribution in [0.2, 0.25) is 10.0 Å². The second-order valence-corrected chi connectivity index (χ2v) is 12.7. The van der Waals surface area contributed by atoms with Gasteiger partial charge in [0.1, 0.15) is 6.04 Å². The molecule has 1 N–H and O–H groups in total. The monoisotopic (exact) mass is 603 g/mol. The highest BCUT2D eigenvalue weighted by Crippen LogP contribution is 2.23. The molecule has 1 atom stereocenters. The largest absolute Gasteiger partial charge is 0.352 e. The molecule has 0 radical (unpaired) electrons. The first kappa shape index (κ1) is 31.5. The smallest absolute Gasteiger partial charge is 0.243 e. The average Bonchev–Trinajstić information content (AvgIpc) is 2.89. The van der Waals surface area contributed by atoms with Crippen molar-refractivity contribution in [3.05, 3.63) is 100 Å². The highest BCUT2D eigenvalue weighted by atomic mass is 35.5. The van der Waals surface area contributed by atoms with E-state index in [0.29, 0.717) is 22.2 Å². The summed E-state index contributed by atoms with van der Waals surface area (Å²) in [4.78, 5) is 28.8. The van der Waals surface area contributed by atoms with Crippen molar-refractivity contribution in [2.24, 2.45) is 0 Å². The summed E-state index contributed by atoms with van der Waals surface area (Å²) < 4.78 is 26.3. The Kier molecular flexibility index (Phi) is 11.4. The average molecular weight is 605 g/mol. The number of benzene rings is 3. The van der Waals surface area contributed by atoms with Crippen molar-refractivity contribution in [3.8, 4) is 0 Å². The molecular formula is C30H35Cl2N3O4S. The first-order chi connectivity index (χ1) is 18.9. The van der Waals surface area contributed by atoms with Crippen LogP contribution in [0.15, 0.2) is 78.9 Å². The fourth-order valence-electron chi connectivity index (χ4n) is 4.36. The molecule has 214 valence electrons. The predicted molar refractivity (Wildman–Crippen MR) is 162 cm³/mol. The first-order valence-corrected chi connectivity index (χ1v) is 15.7. The third kappa shape index (κ3) is 9.54. The Labute approximate surface area is 247 Å². The zero-order chi connectivity index (χ0) is 29.3. The van der Waals surface area contributed by atoms with Gasteiger partial charge in [0.25, 0.3) is 0 Å². The maximum Gasteiger partial charge on any atom is 0.243 e. The lowest BCUT2D eigenvalue weighted by molar-refractivity contribution is -0.141. The standard InChI is InChI=1S/C30H35Cl2N3O4S/c1-22(2)33-30(37)28(19-23-9-5-4-6-10-23)34(21-24-14-16-25(31)17-15-24)29(36)13-8-18-35(40(3,38)39)27-12-7-11-26(32)20-27/h4-7,9-12,14-17,20,22,28H,8,13,18-19,21H2,1-3H3,(H,33,37).